The van der Waals surface area contributed by atoms with E-state index in [0.29, 0.717) is 5.56 Å². The van der Waals surface area contributed by atoms with Crippen LogP contribution in [0.5, 0.6) is 11.5 Å². The molecule has 22 heavy (non-hydrogen) atoms. The minimum Gasteiger partial charge on any atom is -0.508 e. The number of hydrogen-bond acceptors (Lipinski definition) is 5. The smallest absolute Gasteiger partial charge is 0.356 e. The normalized spacial score (nSPS) is 12.4. The molecule has 0 spiro atoms. The molecule has 0 radical (unpaired) electrons. The first-order valence-electron chi connectivity index (χ1n) is 6.22. The van der Waals surface area contributed by atoms with Crippen LogP contribution in [0.1, 0.15) is 11.1 Å². The Balaban J connectivity index is 2.45. The van der Waals surface area contributed by atoms with E-state index in [4.69, 9.17) is 0 Å². The second-order valence-electron chi connectivity index (χ2n) is 4.91. The van der Waals surface area contributed by atoms with Crippen molar-refractivity contribution in [3.05, 3.63) is 53.6 Å². The number of aromatic hydroxyl groups is 2. The molecule has 2 aromatic rings. The summed E-state index contributed by atoms with van der Waals surface area (Å²) in [6.45, 7) is 0. The average Bonchev–Trinajstić information content (AvgIpc) is 2.40. The first-order valence-corrected chi connectivity index (χ1v) is 7.83. The molecule has 8 heteroatoms. The van der Waals surface area contributed by atoms with Gasteiger partial charge in [0.15, 0.2) is 5.79 Å². The van der Waals surface area contributed by atoms with Gasteiger partial charge in [0.2, 0.25) is 0 Å². The molecule has 0 saturated carbocycles. The maximum absolute atomic E-state index is 11.5. The summed E-state index contributed by atoms with van der Waals surface area (Å²) in [5, 5.41) is 38.3. The molecular formula is C14H15O7P. The number of aliphatic hydroxyl groups is 2. The van der Waals surface area contributed by atoms with E-state index in [0.717, 1.165) is 18.2 Å². The van der Waals surface area contributed by atoms with E-state index in [1.165, 1.54) is 24.3 Å². The van der Waals surface area contributed by atoms with Crippen LogP contribution >= 0.6 is 7.60 Å². The first-order chi connectivity index (χ1) is 10.1. The van der Waals surface area contributed by atoms with Crippen molar-refractivity contribution in [3.63, 3.8) is 0 Å². The molecule has 0 aliphatic rings. The van der Waals surface area contributed by atoms with Gasteiger partial charge in [0, 0.05) is 12.0 Å². The summed E-state index contributed by atoms with van der Waals surface area (Å²) in [4.78, 5) is 18.6. The molecule has 0 saturated heterocycles. The van der Waals surface area contributed by atoms with Crippen molar-refractivity contribution in [3.8, 4) is 11.5 Å². The van der Waals surface area contributed by atoms with Crippen LogP contribution in [0.2, 0.25) is 0 Å². The topological polar surface area (TPSA) is 138 Å². The second kappa shape index (κ2) is 5.72. The van der Waals surface area contributed by atoms with E-state index in [-0.39, 0.29) is 12.2 Å². The van der Waals surface area contributed by atoms with Crippen molar-refractivity contribution in [1.82, 2.24) is 0 Å². The van der Waals surface area contributed by atoms with Crippen molar-refractivity contribution in [2.45, 2.75) is 12.2 Å². The van der Waals surface area contributed by atoms with Crippen LogP contribution < -0.4 is 5.30 Å². The zero-order valence-corrected chi connectivity index (χ0v) is 12.2. The summed E-state index contributed by atoms with van der Waals surface area (Å²) in [7, 11) is -4.81. The van der Waals surface area contributed by atoms with Crippen molar-refractivity contribution in [2.24, 2.45) is 0 Å². The minimum atomic E-state index is -4.81. The Labute approximate surface area is 125 Å². The van der Waals surface area contributed by atoms with Crippen LogP contribution in [-0.2, 0) is 16.8 Å². The lowest BCUT2D eigenvalue weighted by Crippen LogP contribution is -2.33. The fourth-order valence-electron chi connectivity index (χ4n) is 2.09. The first kappa shape index (κ1) is 16.5. The average molecular weight is 326 g/mol. The summed E-state index contributed by atoms with van der Waals surface area (Å²) in [5.41, 5.74) is 0.0410. The molecule has 0 aromatic heterocycles. The molecule has 7 nitrogen and oxygen atoms in total. The zero-order valence-electron chi connectivity index (χ0n) is 11.3. The van der Waals surface area contributed by atoms with Gasteiger partial charge in [-0.2, -0.15) is 0 Å². The molecule has 0 bridgehead atoms. The van der Waals surface area contributed by atoms with Gasteiger partial charge in [-0.3, -0.25) is 4.57 Å². The van der Waals surface area contributed by atoms with Crippen LogP contribution in [0.4, 0.5) is 0 Å². The predicted molar refractivity (Wildman–Crippen MR) is 77.7 cm³/mol. The van der Waals surface area contributed by atoms with Gasteiger partial charge in [-0.1, -0.05) is 12.1 Å². The van der Waals surface area contributed by atoms with Gasteiger partial charge >= 0.3 is 7.60 Å². The Kier molecular flexibility index (Phi) is 4.28. The Morgan fingerprint density at radius 3 is 2.00 bits per heavy atom. The van der Waals surface area contributed by atoms with E-state index in [1.54, 1.807) is 0 Å². The fourth-order valence-corrected chi connectivity index (χ4v) is 2.96. The second-order valence-corrected chi connectivity index (χ2v) is 6.48. The molecule has 0 atom stereocenters. The van der Waals surface area contributed by atoms with Gasteiger partial charge in [-0.15, -0.1) is 0 Å². The Bertz CT molecular complexity index is 718. The number of phenolic OH excluding ortho intramolecular Hbond substituents is 2. The van der Waals surface area contributed by atoms with E-state index < -0.39 is 30.0 Å². The molecule has 118 valence electrons. The minimum absolute atomic E-state index is 0.00534. The zero-order chi connectivity index (χ0) is 16.5. The highest BCUT2D eigenvalue weighted by atomic mass is 31.2. The number of phenols is 2. The third-order valence-electron chi connectivity index (χ3n) is 3.11. The van der Waals surface area contributed by atoms with Gasteiger partial charge in [0.1, 0.15) is 11.5 Å². The highest BCUT2D eigenvalue weighted by molar-refractivity contribution is 7.60. The van der Waals surface area contributed by atoms with Gasteiger partial charge in [0.25, 0.3) is 0 Å². The largest absolute Gasteiger partial charge is 0.508 e. The van der Waals surface area contributed by atoms with Crippen LogP contribution in [-0.4, -0.2) is 30.2 Å². The summed E-state index contributed by atoms with van der Waals surface area (Å²) in [6.07, 6.45) is -0.356. The molecule has 0 aliphatic heterocycles. The lowest BCUT2D eigenvalue weighted by molar-refractivity contribution is -0.167. The van der Waals surface area contributed by atoms with Gasteiger partial charge in [0.05, 0.1) is 5.30 Å². The van der Waals surface area contributed by atoms with E-state index in [1.807, 2.05) is 0 Å². The van der Waals surface area contributed by atoms with Crippen molar-refractivity contribution in [2.75, 3.05) is 0 Å². The van der Waals surface area contributed by atoms with Crippen LogP contribution in [0.25, 0.3) is 0 Å². The van der Waals surface area contributed by atoms with Crippen LogP contribution in [0.3, 0.4) is 0 Å². The third kappa shape index (κ3) is 3.65. The molecule has 0 unspecified atom stereocenters. The standard InChI is InChI=1S/C14H15O7P/c15-10-3-1-9(2-4-10)8-14(17,18)12-6-5-11(16)7-13(12)22(19,20)21/h1-7,15-18H,8H2,(H2,19,20,21). The number of benzene rings is 2. The predicted octanol–water partition coefficient (Wildman–Crippen LogP) is 0.281. The van der Waals surface area contributed by atoms with Crippen molar-refractivity contribution < 1.29 is 34.8 Å². The van der Waals surface area contributed by atoms with Crippen molar-refractivity contribution in [1.29, 1.82) is 0 Å². The summed E-state index contributed by atoms with van der Waals surface area (Å²) >= 11 is 0. The SMILES string of the molecule is O=P(O)(O)c1cc(O)ccc1C(O)(O)Cc1ccc(O)cc1. The Morgan fingerprint density at radius 1 is 0.909 bits per heavy atom. The van der Waals surface area contributed by atoms with Gasteiger partial charge in [-0.25, -0.2) is 0 Å². The Hall–Kier alpha value is -1.89. The fraction of sp³-hybridized carbons (Fsp3) is 0.143. The van der Waals surface area contributed by atoms with E-state index in [2.05, 4.69) is 0 Å². The highest BCUT2D eigenvalue weighted by Crippen LogP contribution is 2.39. The lowest BCUT2D eigenvalue weighted by Gasteiger charge is -2.25. The maximum atomic E-state index is 11.5. The van der Waals surface area contributed by atoms with Gasteiger partial charge in [-0.05, 0) is 35.9 Å². The summed E-state index contributed by atoms with van der Waals surface area (Å²) in [6, 6.07) is 8.56. The van der Waals surface area contributed by atoms with Crippen molar-refractivity contribution >= 4 is 12.9 Å². The van der Waals surface area contributed by atoms with E-state index >= 15 is 0 Å². The van der Waals surface area contributed by atoms with Gasteiger partial charge < -0.3 is 30.2 Å². The quantitative estimate of drug-likeness (QED) is 0.350. The molecular weight excluding hydrogens is 311 g/mol. The van der Waals surface area contributed by atoms with Crippen LogP contribution in [0.15, 0.2) is 42.5 Å². The lowest BCUT2D eigenvalue weighted by atomic mass is 9.97. The number of hydrogen-bond donors (Lipinski definition) is 6. The molecule has 0 heterocycles. The monoisotopic (exact) mass is 326 g/mol. The summed E-state index contributed by atoms with van der Waals surface area (Å²) in [5.74, 6) is -2.95. The van der Waals surface area contributed by atoms with Crippen LogP contribution in [0, 0.1) is 0 Å². The summed E-state index contributed by atoms with van der Waals surface area (Å²) < 4.78 is 11.5. The highest BCUT2D eigenvalue weighted by Gasteiger charge is 2.34. The molecule has 0 aliphatic carbocycles. The molecule has 6 N–H and O–H groups in total. The Morgan fingerprint density at radius 2 is 1.45 bits per heavy atom. The maximum Gasteiger partial charge on any atom is 0.356 e. The van der Waals surface area contributed by atoms with E-state index in [9.17, 15) is 34.8 Å². The molecule has 0 amide bonds. The molecule has 0 fully saturated rings. The molecule has 2 rings (SSSR count). The third-order valence-corrected chi connectivity index (χ3v) is 4.11. The molecule has 2 aromatic carbocycles. The number of rotatable bonds is 4.